The standard InChI is InChI=1S/C16H16O3S/c1-8-9(2)14-15(10(3)13(8)18)20-16(19-14)11-6-4-5-7-12(11)17/h4-7,16-18H,1-3H3. The molecule has 0 amide bonds. The Bertz CT molecular complexity index is 658. The fraction of sp³-hybridized carbons (Fsp3) is 0.250. The summed E-state index contributed by atoms with van der Waals surface area (Å²) in [5.41, 5.74) is 3.12. The number of aromatic hydroxyl groups is 2. The van der Waals surface area contributed by atoms with Crippen LogP contribution in [0.4, 0.5) is 0 Å². The Morgan fingerprint density at radius 2 is 1.70 bits per heavy atom. The van der Waals surface area contributed by atoms with E-state index in [2.05, 4.69) is 0 Å². The first-order valence-electron chi connectivity index (χ1n) is 6.44. The molecule has 1 heterocycles. The van der Waals surface area contributed by atoms with Crippen LogP contribution in [-0.4, -0.2) is 10.2 Å². The number of hydrogen-bond acceptors (Lipinski definition) is 4. The molecule has 4 heteroatoms. The molecule has 0 spiro atoms. The highest BCUT2D eigenvalue weighted by molar-refractivity contribution is 7.99. The molecule has 2 N–H and O–H groups in total. The van der Waals surface area contributed by atoms with Crippen LogP contribution in [0, 0.1) is 20.8 Å². The summed E-state index contributed by atoms with van der Waals surface area (Å²) in [7, 11) is 0. The van der Waals surface area contributed by atoms with E-state index < -0.39 is 0 Å². The zero-order valence-electron chi connectivity index (χ0n) is 11.6. The van der Waals surface area contributed by atoms with E-state index in [0.717, 1.165) is 32.9 Å². The maximum atomic E-state index is 10.1. The minimum absolute atomic E-state index is 0.231. The number of thioether (sulfide) groups is 1. The van der Waals surface area contributed by atoms with Crippen molar-refractivity contribution >= 4 is 11.8 Å². The maximum absolute atomic E-state index is 10.1. The first kappa shape index (κ1) is 13.2. The lowest BCUT2D eigenvalue weighted by Gasteiger charge is -2.13. The second-order valence-electron chi connectivity index (χ2n) is 5.01. The molecule has 1 unspecified atom stereocenters. The van der Waals surface area contributed by atoms with Gasteiger partial charge in [-0.15, -0.1) is 0 Å². The van der Waals surface area contributed by atoms with Crippen molar-refractivity contribution in [2.75, 3.05) is 0 Å². The Labute approximate surface area is 122 Å². The molecular formula is C16H16O3S. The average molecular weight is 288 g/mol. The lowest BCUT2D eigenvalue weighted by atomic mass is 10.0. The molecule has 104 valence electrons. The first-order valence-corrected chi connectivity index (χ1v) is 7.32. The monoisotopic (exact) mass is 288 g/mol. The van der Waals surface area contributed by atoms with Gasteiger partial charge in [-0.05, 0) is 38.0 Å². The van der Waals surface area contributed by atoms with Gasteiger partial charge in [0.25, 0.3) is 0 Å². The summed E-state index contributed by atoms with van der Waals surface area (Å²) in [5.74, 6) is 1.38. The SMILES string of the molecule is Cc1c(C)c2c(c(C)c1O)SC(c1ccccc1O)O2. The Morgan fingerprint density at radius 3 is 2.40 bits per heavy atom. The van der Waals surface area contributed by atoms with Crippen LogP contribution in [0.25, 0.3) is 0 Å². The number of para-hydroxylation sites is 1. The molecule has 0 radical (unpaired) electrons. The second kappa shape index (κ2) is 4.63. The van der Waals surface area contributed by atoms with Gasteiger partial charge in [0.05, 0.1) is 4.90 Å². The zero-order chi connectivity index (χ0) is 14.4. The molecule has 0 aliphatic carbocycles. The third-order valence-electron chi connectivity index (χ3n) is 3.80. The predicted octanol–water partition coefficient (Wildman–Crippen LogP) is 4.21. The molecule has 0 aromatic heterocycles. The molecule has 2 aromatic carbocycles. The summed E-state index contributed by atoms with van der Waals surface area (Å²) < 4.78 is 6.01. The molecule has 1 aliphatic rings. The van der Waals surface area contributed by atoms with Gasteiger partial charge in [0.2, 0.25) is 0 Å². The topological polar surface area (TPSA) is 49.7 Å². The number of benzene rings is 2. The maximum Gasteiger partial charge on any atom is 0.177 e. The summed E-state index contributed by atoms with van der Waals surface area (Å²) in [5, 5.41) is 20.1. The van der Waals surface area contributed by atoms with Gasteiger partial charge in [-0.1, -0.05) is 30.0 Å². The van der Waals surface area contributed by atoms with Crippen molar-refractivity contribution < 1.29 is 14.9 Å². The summed E-state index contributed by atoms with van der Waals surface area (Å²) >= 11 is 1.52. The quantitative estimate of drug-likeness (QED) is 0.825. The van der Waals surface area contributed by atoms with Crippen molar-refractivity contribution in [3.05, 3.63) is 46.5 Å². The van der Waals surface area contributed by atoms with Crippen LogP contribution in [0.3, 0.4) is 0 Å². The third kappa shape index (κ3) is 1.83. The molecule has 2 aromatic rings. The van der Waals surface area contributed by atoms with Gasteiger partial charge < -0.3 is 14.9 Å². The predicted molar refractivity (Wildman–Crippen MR) is 79.7 cm³/mol. The molecule has 20 heavy (non-hydrogen) atoms. The Hall–Kier alpha value is -1.81. The van der Waals surface area contributed by atoms with Gasteiger partial charge in [-0.3, -0.25) is 0 Å². The van der Waals surface area contributed by atoms with E-state index in [1.54, 1.807) is 12.1 Å². The summed E-state index contributed by atoms with van der Waals surface area (Å²) in [6.07, 6.45) is 0. The van der Waals surface area contributed by atoms with E-state index in [-0.39, 0.29) is 11.2 Å². The fourth-order valence-corrected chi connectivity index (χ4v) is 3.68. The highest BCUT2D eigenvalue weighted by atomic mass is 32.2. The number of hydrogen-bond donors (Lipinski definition) is 2. The Balaban J connectivity index is 2.08. The Morgan fingerprint density at radius 1 is 1.00 bits per heavy atom. The molecule has 0 fully saturated rings. The number of phenols is 2. The highest BCUT2D eigenvalue weighted by Gasteiger charge is 2.32. The number of fused-ring (bicyclic) bond motifs is 1. The zero-order valence-corrected chi connectivity index (χ0v) is 12.4. The van der Waals surface area contributed by atoms with E-state index in [9.17, 15) is 10.2 Å². The van der Waals surface area contributed by atoms with E-state index in [1.165, 1.54) is 11.8 Å². The lowest BCUT2D eigenvalue weighted by molar-refractivity contribution is 0.292. The van der Waals surface area contributed by atoms with Gasteiger partial charge in [0, 0.05) is 11.1 Å². The molecule has 3 nitrogen and oxygen atoms in total. The fourth-order valence-electron chi connectivity index (χ4n) is 2.41. The van der Waals surface area contributed by atoms with Crippen molar-refractivity contribution in [1.82, 2.24) is 0 Å². The van der Waals surface area contributed by atoms with E-state index in [1.807, 2.05) is 32.9 Å². The van der Waals surface area contributed by atoms with Crippen molar-refractivity contribution in [3.8, 4) is 17.2 Å². The second-order valence-corrected chi connectivity index (χ2v) is 6.08. The molecular weight excluding hydrogens is 272 g/mol. The van der Waals surface area contributed by atoms with Crippen LogP contribution in [0.15, 0.2) is 29.2 Å². The van der Waals surface area contributed by atoms with Crippen LogP contribution in [0.2, 0.25) is 0 Å². The van der Waals surface area contributed by atoms with Gasteiger partial charge in [-0.25, -0.2) is 0 Å². The number of ether oxygens (including phenoxy) is 1. The van der Waals surface area contributed by atoms with Crippen LogP contribution >= 0.6 is 11.8 Å². The lowest BCUT2D eigenvalue weighted by Crippen LogP contribution is -1.99. The molecule has 0 saturated heterocycles. The van der Waals surface area contributed by atoms with Gasteiger partial charge >= 0.3 is 0 Å². The molecule has 0 bridgehead atoms. The van der Waals surface area contributed by atoms with Gasteiger partial charge in [0.15, 0.2) is 5.44 Å². The highest BCUT2D eigenvalue weighted by Crippen LogP contribution is 2.55. The largest absolute Gasteiger partial charge is 0.507 e. The van der Waals surface area contributed by atoms with Crippen molar-refractivity contribution in [2.24, 2.45) is 0 Å². The van der Waals surface area contributed by atoms with Gasteiger partial charge in [-0.2, -0.15) is 0 Å². The van der Waals surface area contributed by atoms with E-state index >= 15 is 0 Å². The van der Waals surface area contributed by atoms with Crippen LogP contribution < -0.4 is 4.74 Å². The van der Waals surface area contributed by atoms with Crippen molar-refractivity contribution in [1.29, 1.82) is 0 Å². The van der Waals surface area contributed by atoms with E-state index in [4.69, 9.17) is 4.74 Å². The number of rotatable bonds is 1. The smallest absolute Gasteiger partial charge is 0.177 e. The molecule has 0 saturated carbocycles. The Kier molecular flexibility index (Phi) is 3.05. The van der Waals surface area contributed by atoms with Crippen LogP contribution in [0.5, 0.6) is 17.2 Å². The van der Waals surface area contributed by atoms with E-state index in [0.29, 0.717) is 5.75 Å². The minimum Gasteiger partial charge on any atom is -0.507 e. The summed E-state index contributed by atoms with van der Waals surface area (Å²) in [6, 6.07) is 7.18. The average Bonchev–Trinajstić information content (AvgIpc) is 2.88. The van der Waals surface area contributed by atoms with Crippen molar-refractivity contribution in [2.45, 2.75) is 31.1 Å². The summed E-state index contributed by atoms with van der Waals surface area (Å²) in [6.45, 7) is 5.73. The third-order valence-corrected chi connectivity index (χ3v) is 5.09. The van der Waals surface area contributed by atoms with Crippen LogP contribution in [0.1, 0.15) is 27.7 Å². The first-order chi connectivity index (χ1) is 9.50. The molecule has 1 atom stereocenters. The minimum atomic E-state index is -0.273. The molecule has 1 aliphatic heterocycles. The summed E-state index contributed by atoms with van der Waals surface area (Å²) in [4.78, 5) is 0.957. The van der Waals surface area contributed by atoms with Crippen LogP contribution in [-0.2, 0) is 0 Å². The van der Waals surface area contributed by atoms with Crippen molar-refractivity contribution in [3.63, 3.8) is 0 Å². The number of phenolic OH excluding ortho intramolecular Hbond substituents is 2. The molecule has 3 rings (SSSR count). The normalized spacial score (nSPS) is 16.9. The van der Waals surface area contributed by atoms with Gasteiger partial charge in [0.1, 0.15) is 17.2 Å².